The highest BCUT2D eigenvalue weighted by molar-refractivity contribution is 8.01. The summed E-state index contributed by atoms with van der Waals surface area (Å²) in [7, 11) is 0. The van der Waals surface area contributed by atoms with Crippen molar-refractivity contribution in [3.05, 3.63) is 0 Å². The Morgan fingerprint density at radius 2 is 1.79 bits per heavy atom. The molecular weight excluding hydrogens is 260 g/mol. The molecule has 1 amide bonds. The molecule has 0 aromatic carbocycles. The zero-order valence-corrected chi connectivity index (χ0v) is 13.7. The van der Waals surface area contributed by atoms with E-state index in [0.717, 1.165) is 26.3 Å². The summed E-state index contributed by atoms with van der Waals surface area (Å²) < 4.78 is 5.50. The van der Waals surface area contributed by atoms with Crippen LogP contribution in [0.15, 0.2) is 0 Å². The van der Waals surface area contributed by atoms with E-state index < -0.39 is 0 Å². The highest BCUT2D eigenvalue weighted by atomic mass is 32.2. The summed E-state index contributed by atoms with van der Waals surface area (Å²) in [6, 6.07) is 0. The second-order valence-electron chi connectivity index (χ2n) is 6.59. The van der Waals surface area contributed by atoms with Crippen LogP contribution in [-0.2, 0) is 9.53 Å². The van der Waals surface area contributed by atoms with Gasteiger partial charge in [0.1, 0.15) is 0 Å². The molecule has 0 aliphatic carbocycles. The molecule has 112 valence electrons. The van der Waals surface area contributed by atoms with Gasteiger partial charge in [0.05, 0.1) is 19.0 Å². The number of nitrogens with one attached hydrogen (secondary N) is 1. The molecule has 1 saturated heterocycles. The Balaban J connectivity index is 2.31. The summed E-state index contributed by atoms with van der Waals surface area (Å²) in [5.41, 5.74) is -0.00810. The van der Waals surface area contributed by atoms with Crippen molar-refractivity contribution in [2.45, 2.75) is 44.9 Å². The highest BCUT2D eigenvalue weighted by Crippen LogP contribution is 2.22. The summed E-state index contributed by atoms with van der Waals surface area (Å²) >= 11 is 1.68. The Bertz CT molecular complexity index is 294. The van der Waals surface area contributed by atoms with Crippen LogP contribution >= 0.6 is 11.8 Å². The van der Waals surface area contributed by atoms with E-state index in [1.54, 1.807) is 11.8 Å². The quantitative estimate of drug-likeness (QED) is 0.837. The van der Waals surface area contributed by atoms with Crippen LogP contribution in [-0.4, -0.2) is 59.7 Å². The Morgan fingerprint density at radius 1 is 1.21 bits per heavy atom. The van der Waals surface area contributed by atoms with Gasteiger partial charge in [0.25, 0.3) is 0 Å². The lowest BCUT2D eigenvalue weighted by Gasteiger charge is -2.40. The predicted molar refractivity (Wildman–Crippen MR) is 81.7 cm³/mol. The third-order valence-corrected chi connectivity index (χ3v) is 4.49. The molecule has 0 bridgehead atoms. The molecule has 1 aliphatic heterocycles. The Labute approximate surface area is 121 Å². The van der Waals surface area contributed by atoms with Gasteiger partial charge in [0.15, 0.2) is 0 Å². The summed E-state index contributed by atoms with van der Waals surface area (Å²) in [5, 5.41) is 3.05. The van der Waals surface area contributed by atoms with E-state index in [9.17, 15) is 4.79 Å². The molecule has 1 N–H and O–H groups in total. The van der Waals surface area contributed by atoms with Crippen molar-refractivity contribution >= 4 is 17.7 Å². The van der Waals surface area contributed by atoms with Gasteiger partial charge < -0.3 is 10.1 Å². The van der Waals surface area contributed by atoms with Crippen LogP contribution in [0.1, 0.15) is 34.6 Å². The Hall–Kier alpha value is -0.260. The first kappa shape index (κ1) is 16.8. The fourth-order valence-corrected chi connectivity index (χ4v) is 2.59. The number of ether oxygens (including phenoxy) is 1. The number of hydrogen-bond donors (Lipinski definition) is 1. The van der Waals surface area contributed by atoms with Crippen LogP contribution in [0.2, 0.25) is 0 Å². The van der Waals surface area contributed by atoms with Crippen molar-refractivity contribution < 1.29 is 9.53 Å². The van der Waals surface area contributed by atoms with E-state index in [-0.39, 0.29) is 16.2 Å². The molecular formula is C14H28N2O2S. The summed E-state index contributed by atoms with van der Waals surface area (Å²) in [6.45, 7) is 14.9. The van der Waals surface area contributed by atoms with Gasteiger partial charge in [-0.05, 0) is 13.8 Å². The molecule has 0 aromatic rings. The topological polar surface area (TPSA) is 41.6 Å². The lowest BCUT2D eigenvalue weighted by Crippen LogP contribution is -2.55. The van der Waals surface area contributed by atoms with E-state index in [2.05, 4.69) is 44.8 Å². The molecule has 5 heteroatoms. The molecule has 0 radical (unpaired) electrons. The first-order chi connectivity index (χ1) is 8.71. The van der Waals surface area contributed by atoms with E-state index >= 15 is 0 Å². The fraction of sp³-hybridized carbons (Fsp3) is 0.929. The van der Waals surface area contributed by atoms with E-state index in [0.29, 0.717) is 12.3 Å². The molecule has 4 nitrogen and oxygen atoms in total. The molecule has 0 unspecified atom stereocenters. The van der Waals surface area contributed by atoms with Crippen LogP contribution in [0.4, 0.5) is 0 Å². The number of amides is 1. The van der Waals surface area contributed by atoms with Crippen molar-refractivity contribution in [3.63, 3.8) is 0 Å². The molecule has 0 atom stereocenters. The van der Waals surface area contributed by atoms with Gasteiger partial charge in [-0.25, -0.2) is 0 Å². The fourth-order valence-electron chi connectivity index (χ4n) is 1.93. The van der Waals surface area contributed by atoms with Gasteiger partial charge in [-0.2, -0.15) is 0 Å². The summed E-state index contributed by atoms with van der Waals surface area (Å²) in [6.07, 6.45) is 0. The number of morpholine rings is 1. The molecule has 0 spiro atoms. The molecule has 1 aliphatic rings. The van der Waals surface area contributed by atoms with E-state index in [4.69, 9.17) is 4.74 Å². The maximum absolute atomic E-state index is 11.8. The molecule has 1 fully saturated rings. The van der Waals surface area contributed by atoms with Gasteiger partial charge in [-0.3, -0.25) is 9.69 Å². The third kappa shape index (κ3) is 6.63. The second-order valence-corrected chi connectivity index (χ2v) is 8.39. The molecule has 19 heavy (non-hydrogen) atoms. The van der Waals surface area contributed by atoms with Gasteiger partial charge in [-0.15, -0.1) is 11.8 Å². The lowest BCUT2D eigenvalue weighted by atomic mass is 10.0. The standard InChI is InChI=1S/C14H28N2O2S/c1-13(2,3)19-10-12(17)15-11-14(4,5)16-6-8-18-9-7-16/h6-11H2,1-5H3,(H,15,17). The van der Waals surface area contributed by atoms with Crippen LogP contribution < -0.4 is 5.32 Å². The van der Waals surface area contributed by atoms with Crippen molar-refractivity contribution in [3.8, 4) is 0 Å². The Morgan fingerprint density at radius 3 is 2.32 bits per heavy atom. The SMILES string of the molecule is CC(C)(C)SCC(=O)NCC(C)(C)N1CCOCC1. The highest BCUT2D eigenvalue weighted by Gasteiger charge is 2.28. The van der Waals surface area contributed by atoms with Gasteiger partial charge in [0.2, 0.25) is 5.91 Å². The monoisotopic (exact) mass is 288 g/mol. The third-order valence-electron chi connectivity index (χ3n) is 3.22. The van der Waals surface area contributed by atoms with Crippen LogP contribution in [0.25, 0.3) is 0 Å². The Kier molecular flexibility index (Phi) is 6.15. The average molecular weight is 288 g/mol. The number of hydrogen-bond acceptors (Lipinski definition) is 4. The van der Waals surface area contributed by atoms with Crippen molar-refractivity contribution in [2.75, 3.05) is 38.6 Å². The molecule has 0 saturated carbocycles. The van der Waals surface area contributed by atoms with Crippen molar-refractivity contribution in [1.29, 1.82) is 0 Å². The predicted octanol–water partition coefficient (Wildman–Crippen LogP) is 1.75. The maximum Gasteiger partial charge on any atom is 0.230 e. The van der Waals surface area contributed by atoms with Gasteiger partial charge in [-0.1, -0.05) is 20.8 Å². The zero-order valence-electron chi connectivity index (χ0n) is 12.9. The maximum atomic E-state index is 11.8. The average Bonchev–Trinajstić information content (AvgIpc) is 2.34. The largest absolute Gasteiger partial charge is 0.379 e. The zero-order chi connectivity index (χ0) is 14.5. The number of carbonyl (C=O) groups is 1. The summed E-state index contributed by atoms with van der Waals surface area (Å²) in [5.74, 6) is 0.657. The van der Waals surface area contributed by atoms with Crippen LogP contribution in [0.3, 0.4) is 0 Å². The second kappa shape index (κ2) is 6.95. The number of rotatable bonds is 5. The van der Waals surface area contributed by atoms with Crippen molar-refractivity contribution in [2.24, 2.45) is 0 Å². The number of thioether (sulfide) groups is 1. The first-order valence-electron chi connectivity index (χ1n) is 6.94. The van der Waals surface area contributed by atoms with Gasteiger partial charge in [0, 0.05) is 29.9 Å². The minimum absolute atomic E-state index is 0.00810. The molecule has 0 aromatic heterocycles. The van der Waals surface area contributed by atoms with Crippen LogP contribution in [0.5, 0.6) is 0 Å². The minimum Gasteiger partial charge on any atom is -0.379 e. The minimum atomic E-state index is -0.00810. The van der Waals surface area contributed by atoms with E-state index in [1.165, 1.54) is 0 Å². The first-order valence-corrected chi connectivity index (χ1v) is 7.93. The van der Waals surface area contributed by atoms with E-state index in [1.807, 2.05) is 0 Å². The number of carbonyl (C=O) groups excluding carboxylic acids is 1. The molecule has 1 heterocycles. The number of nitrogens with zero attached hydrogens (tertiary/aromatic N) is 1. The smallest absolute Gasteiger partial charge is 0.230 e. The summed E-state index contributed by atoms with van der Waals surface area (Å²) in [4.78, 5) is 14.2. The van der Waals surface area contributed by atoms with Crippen LogP contribution in [0, 0.1) is 0 Å². The molecule has 1 rings (SSSR count). The lowest BCUT2D eigenvalue weighted by molar-refractivity contribution is -0.119. The van der Waals surface area contributed by atoms with Crippen molar-refractivity contribution in [1.82, 2.24) is 10.2 Å². The normalized spacial score (nSPS) is 18.4. The van der Waals surface area contributed by atoms with Gasteiger partial charge >= 0.3 is 0 Å².